The van der Waals surface area contributed by atoms with Crippen LogP contribution in [0.1, 0.15) is 33.1 Å². The second-order valence-corrected chi connectivity index (χ2v) is 5.99. The number of aliphatic hydroxyl groups is 1. The van der Waals surface area contributed by atoms with Crippen molar-refractivity contribution in [2.75, 3.05) is 6.54 Å². The lowest BCUT2D eigenvalue weighted by Gasteiger charge is -2.13. The Labute approximate surface area is 91.4 Å². The van der Waals surface area contributed by atoms with Crippen molar-refractivity contribution in [3.8, 4) is 0 Å². The fourth-order valence-corrected chi connectivity index (χ4v) is 2.97. The average molecular weight is 236 g/mol. The molecule has 1 fully saturated rings. The third kappa shape index (κ3) is 4.92. The summed E-state index contributed by atoms with van der Waals surface area (Å²) in [5.41, 5.74) is 0. The van der Waals surface area contributed by atoms with Crippen molar-refractivity contribution in [3.05, 3.63) is 0 Å². The van der Waals surface area contributed by atoms with Crippen molar-refractivity contribution in [1.29, 1.82) is 0 Å². The van der Waals surface area contributed by atoms with Crippen LogP contribution in [0.2, 0.25) is 0 Å². The Morgan fingerprint density at radius 2 is 2.07 bits per heavy atom. The van der Waals surface area contributed by atoms with Crippen LogP contribution >= 0.6 is 0 Å². The normalized spacial score (nSPS) is 27.5. The SMILES string of the molecule is CC(C)NS(=O)(=O)NCC1CCC(O)C1. The maximum atomic E-state index is 11.4. The Kier molecular flexibility index (Phi) is 4.51. The summed E-state index contributed by atoms with van der Waals surface area (Å²) in [5, 5.41) is 9.28. The maximum Gasteiger partial charge on any atom is 0.277 e. The Bertz CT molecular complexity index is 290. The van der Waals surface area contributed by atoms with Gasteiger partial charge in [0.25, 0.3) is 10.2 Å². The number of rotatable bonds is 5. The summed E-state index contributed by atoms with van der Waals surface area (Å²) in [6.07, 6.45) is 2.12. The highest BCUT2D eigenvalue weighted by molar-refractivity contribution is 7.87. The molecule has 0 saturated heterocycles. The molecule has 1 aliphatic carbocycles. The molecule has 5 nitrogen and oxygen atoms in total. The smallest absolute Gasteiger partial charge is 0.277 e. The lowest BCUT2D eigenvalue weighted by Crippen LogP contribution is -2.41. The molecular weight excluding hydrogens is 216 g/mol. The summed E-state index contributed by atoms with van der Waals surface area (Å²) in [6, 6.07) is -0.100. The Balaban J connectivity index is 2.30. The fourth-order valence-electron chi connectivity index (χ4n) is 1.81. The molecule has 0 bridgehead atoms. The summed E-state index contributed by atoms with van der Waals surface area (Å²) in [5.74, 6) is 0.267. The van der Waals surface area contributed by atoms with Gasteiger partial charge in [-0.25, -0.2) is 4.72 Å². The third-order valence-electron chi connectivity index (χ3n) is 2.47. The van der Waals surface area contributed by atoms with E-state index in [0.717, 1.165) is 12.8 Å². The molecule has 0 aromatic carbocycles. The standard InChI is InChI=1S/C9H20N2O3S/c1-7(2)11-15(13,14)10-6-8-3-4-9(12)5-8/h7-12H,3-6H2,1-2H3. The molecule has 2 atom stereocenters. The maximum absolute atomic E-state index is 11.4. The molecule has 90 valence electrons. The van der Waals surface area contributed by atoms with E-state index in [1.54, 1.807) is 13.8 Å². The number of hydrogen-bond donors (Lipinski definition) is 3. The van der Waals surface area contributed by atoms with Crippen LogP contribution in [0.3, 0.4) is 0 Å². The van der Waals surface area contributed by atoms with Crippen molar-refractivity contribution in [1.82, 2.24) is 9.44 Å². The van der Waals surface area contributed by atoms with Gasteiger partial charge in [0.15, 0.2) is 0 Å². The van der Waals surface area contributed by atoms with Gasteiger partial charge in [-0.1, -0.05) is 0 Å². The zero-order valence-electron chi connectivity index (χ0n) is 9.23. The summed E-state index contributed by atoms with van der Waals surface area (Å²) in [7, 11) is -3.37. The molecule has 6 heteroatoms. The second-order valence-electron chi connectivity index (χ2n) is 4.46. The fraction of sp³-hybridized carbons (Fsp3) is 1.00. The van der Waals surface area contributed by atoms with Gasteiger partial charge < -0.3 is 5.11 Å². The minimum absolute atomic E-state index is 0.100. The van der Waals surface area contributed by atoms with E-state index in [1.165, 1.54) is 0 Å². The number of nitrogens with one attached hydrogen (secondary N) is 2. The zero-order chi connectivity index (χ0) is 11.5. The topological polar surface area (TPSA) is 78.4 Å². The van der Waals surface area contributed by atoms with Crippen molar-refractivity contribution in [2.45, 2.75) is 45.3 Å². The van der Waals surface area contributed by atoms with Gasteiger partial charge in [0, 0.05) is 12.6 Å². The minimum atomic E-state index is -3.37. The quantitative estimate of drug-likeness (QED) is 0.628. The van der Waals surface area contributed by atoms with Crippen molar-refractivity contribution in [2.24, 2.45) is 5.92 Å². The van der Waals surface area contributed by atoms with Gasteiger partial charge in [-0.05, 0) is 39.0 Å². The molecule has 1 saturated carbocycles. The molecule has 1 rings (SSSR count). The van der Waals surface area contributed by atoms with E-state index in [9.17, 15) is 13.5 Å². The van der Waals surface area contributed by atoms with Crippen LogP contribution in [-0.2, 0) is 10.2 Å². The highest BCUT2D eigenvalue weighted by Crippen LogP contribution is 2.24. The second kappa shape index (κ2) is 5.25. The molecule has 0 amide bonds. The molecule has 0 aromatic rings. The Morgan fingerprint density at radius 1 is 1.40 bits per heavy atom. The number of aliphatic hydroxyl groups excluding tert-OH is 1. The minimum Gasteiger partial charge on any atom is -0.393 e. The Morgan fingerprint density at radius 3 is 2.53 bits per heavy atom. The van der Waals surface area contributed by atoms with E-state index in [1.807, 2.05) is 0 Å². The van der Waals surface area contributed by atoms with E-state index in [4.69, 9.17) is 0 Å². The van der Waals surface area contributed by atoms with E-state index >= 15 is 0 Å². The monoisotopic (exact) mass is 236 g/mol. The first-order chi connectivity index (χ1) is 6.89. The van der Waals surface area contributed by atoms with Crippen LogP contribution in [0, 0.1) is 5.92 Å². The molecule has 15 heavy (non-hydrogen) atoms. The van der Waals surface area contributed by atoms with Gasteiger partial charge in [-0.3, -0.25) is 0 Å². The van der Waals surface area contributed by atoms with Crippen molar-refractivity contribution >= 4 is 10.2 Å². The van der Waals surface area contributed by atoms with Gasteiger partial charge in [-0.15, -0.1) is 0 Å². The summed E-state index contributed by atoms with van der Waals surface area (Å²) >= 11 is 0. The van der Waals surface area contributed by atoms with E-state index < -0.39 is 10.2 Å². The summed E-state index contributed by atoms with van der Waals surface area (Å²) < 4.78 is 27.7. The van der Waals surface area contributed by atoms with Gasteiger partial charge in [-0.2, -0.15) is 13.1 Å². The molecule has 0 aliphatic heterocycles. The average Bonchev–Trinajstić information content (AvgIpc) is 2.46. The lowest BCUT2D eigenvalue weighted by molar-refractivity contribution is 0.178. The van der Waals surface area contributed by atoms with Crippen LogP contribution in [0.4, 0.5) is 0 Å². The summed E-state index contributed by atoms with van der Waals surface area (Å²) in [6.45, 7) is 3.97. The predicted octanol–water partition coefficient (Wildman–Crippen LogP) is -0.0202. The first-order valence-electron chi connectivity index (χ1n) is 5.34. The summed E-state index contributed by atoms with van der Waals surface area (Å²) in [4.78, 5) is 0. The van der Waals surface area contributed by atoms with Crippen molar-refractivity contribution < 1.29 is 13.5 Å². The van der Waals surface area contributed by atoms with Gasteiger partial charge in [0.05, 0.1) is 6.10 Å². The predicted molar refractivity (Wildman–Crippen MR) is 58.5 cm³/mol. The molecule has 1 aliphatic rings. The van der Waals surface area contributed by atoms with Crippen LogP contribution in [0.5, 0.6) is 0 Å². The molecule has 0 radical (unpaired) electrons. The van der Waals surface area contributed by atoms with Crippen LogP contribution in [0.25, 0.3) is 0 Å². The number of hydrogen-bond acceptors (Lipinski definition) is 3. The highest BCUT2D eigenvalue weighted by Gasteiger charge is 2.24. The van der Waals surface area contributed by atoms with Gasteiger partial charge >= 0.3 is 0 Å². The molecule has 0 spiro atoms. The first kappa shape index (κ1) is 12.9. The van der Waals surface area contributed by atoms with Crippen LogP contribution < -0.4 is 9.44 Å². The van der Waals surface area contributed by atoms with E-state index in [0.29, 0.717) is 13.0 Å². The molecule has 3 N–H and O–H groups in total. The van der Waals surface area contributed by atoms with Gasteiger partial charge in [0.1, 0.15) is 0 Å². The lowest BCUT2D eigenvalue weighted by atomic mass is 10.1. The Hall–Kier alpha value is -0.170. The molecular formula is C9H20N2O3S. The first-order valence-corrected chi connectivity index (χ1v) is 6.82. The third-order valence-corrected chi connectivity index (χ3v) is 3.79. The molecule has 0 aromatic heterocycles. The molecule has 2 unspecified atom stereocenters. The van der Waals surface area contributed by atoms with Crippen molar-refractivity contribution in [3.63, 3.8) is 0 Å². The van der Waals surface area contributed by atoms with E-state index in [-0.39, 0.29) is 18.1 Å². The van der Waals surface area contributed by atoms with Crippen LogP contribution in [0.15, 0.2) is 0 Å². The van der Waals surface area contributed by atoms with Gasteiger partial charge in [0.2, 0.25) is 0 Å². The largest absolute Gasteiger partial charge is 0.393 e. The highest BCUT2D eigenvalue weighted by atomic mass is 32.2. The molecule has 0 heterocycles. The van der Waals surface area contributed by atoms with E-state index in [2.05, 4.69) is 9.44 Å². The zero-order valence-corrected chi connectivity index (χ0v) is 10.0. The van der Waals surface area contributed by atoms with Crippen LogP contribution in [-0.4, -0.2) is 32.2 Å².